The molecule has 2 heterocycles. The van der Waals surface area contributed by atoms with Crippen LogP contribution in [0.5, 0.6) is 0 Å². The van der Waals surface area contributed by atoms with E-state index in [2.05, 4.69) is 10.6 Å². The maximum Gasteiger partial charge on any atom is 0.223 e. The van der Waals surface area contributed by atoms with Crippen molar-refractivity contribution in [3.05, 3.63) is 0 Å². The van der Waals surface area contributed by atoms with E-state index in [1.807, 2.05) is 16.8 Å². The molecule has 0 unspecified atom stereocenters. The predicted molar refractivity (Wildman–Crippen MR) is 133 cm³/mol. The Kier molecular flexibility index (Phi) is 13.2. The molecule has 8 heteroatoms. The summed E-state index contributed by atoms with van der Waals surface area (Å²) in [4.78, 5) is 52.5. The lowest BCUT2D eigenvalue weighted by Gasteiger charge is -2.31. The monoisotopic (exact) mass is 478 g/mol. The number of rotatable bonds is 14. The molecule has 2 rings (SSSR count). The summed E-state index contributed by atoms with van der Waals surface area (Å²) in [5.41, 5.74) is 0. The highest BCUT2D eigenvalue weighted by molar-refractivity contribution is 5.81. The lowest BCUT2D eigenvalue weighted by atomic mass is 9.93. The fourth-order valence-corrected chi connectivity index (χ4v) is 4.93. The summed E-state index contributed by atoms with van der Waals surface area (Å²) in [6, 6.07) is 0. The number of hydrogen-bond donors (Lipinski definition) is 2. The van der Waals surface area contributed by atoms with Gasteiger partial charge in [0.25, 0.3) is 0 Å². The molecule has 0 atom stereocenters. The first-order chi connectivity index (χ1) is 16.4. The zero-order valence-electron chi connectivity index (χ0n) is 21.4. The van der Waals surface area contributed by atoms with Crippen molar-refractivity contribution >= 4 is 23.5 Å². The number of Topliss-reactive ketones (excluding diaryl/α,β-unsaturated/α-hetero) is 1. The van der Waals surface area contributed by atoms with E-state index in [1.54, 1.807) is 6.92 Å². The molecule has 0 aromatic carbocycles. The molecule has 0 radical (unpaired) electrons. The van der Waals surface area contributed by atoms with Crippen molar-refractivity contribution < 1.29 is 19.2 Å². The smallest absolute Gasteiger partial charge is 0.223 e. The van der Waals surface area contributed by atoms with E-state index in [-0.39, 0.29) is 35.3 Å². The fraction of sp³-hybridized carbons (Fsp3) is 0.846. The molecular weight excluding hydrogens is 432 g/mol. The zero-order chi connectivity index (χ0) is 24.8. The highest BCUT2D eigenvalue weighted by Crippen LogP contribution is 2.20. The molecule has 34 heavy (non-hydrogen) atoms. The number of ketones is 1. The number of hydrogen-bond acceptors (Lipinski definition) is 5. The van der Waals surface area contributed by atoms with Crippen LogP contribution in [0.3, 0.4) is 0 Å². The van der Waals surface area contributed by atoms with Crippen molar-refractivity contribution in [3.63, 3.8) is 0 Å². The van der Waals surface area contributed by atoms with Gasteiger partial charge in [-0.1, -0.05) is 12.8 Å². The molecule has 0 aliphatic carbocycles. The lowest BCUT2D eigenvalue weighted by Crippen LogP contribution is -2.43. The summed E-state index contributed by atoms with van der Waals surface area (Å²) in [6.45, 7) is 6.04. The van der Waals surface area contributed by atoms with Gasteiger partial charge < -0.3 is 20.4 Å². The van der Waals surface area contributed by atoms with E-state index < -0.39 is 0 Å². The summed E-state index contributed by atoms with van der Waals surface area (Å²) in [7, 11) is 1.96. The van der Waals surface area contributed by atoms with Gasteiger partial charge in [0.05, 0.1) is 0 Å². The van der Waals surface area contributed by atoms with Gasteiger partial charge in [-0.15, -0.1) is 0 Å². The summed E-state index contributed by atoms with van der Waals surface area (Å²) in [6.07, 6.45) is 9.87. The summed E-state index contributed by atoms with van der Waals surface area (Å²) in [5.74, 6) is 0.748. The molecule has 0 aromatic heterocycles. The zero-order valence-corrected chi connectivity index (χ0v) is 21.4. The maximum absolute atomic E-state index is 12.5. The van der Waals surface area contributed by atoms with E-state index in [4.69, 9.17) is 0 Å². The molecule has 0 bridgehead atoms. The first-order valence-corrected chi connectivity index (χ1v) is 13.4. The van der Waals surface area contributed by atoms with Gasteiger partial charge in [-0.05, 0) is 71.9 Å². The molecule has 2 fully saturated rings. The molecule has 2 N–H and O–H groups in total. The van der Waals surface area contributed by atoms with Crippen LogP contribution in [-0.2, 0) is 19.2 Å². The van der Waals surface area contributed by atoms with Crippen LogP contribution in [0, 0.1) is 11.8 Å². The summed E-state index contributed by atoms with van der Waals surface area (Å²) >= 11 is 0. The van der Waals surface area contributed by atoms with Crippen LogP contribution < -0.4 is 10.6 Å². The predicted octanol–water partition coefficient (Wildman–Crippen LogP) is 2.51. The molecule has 2 aliphatic heterocycles. The van der Waals surface area contributed by atoms with E-state index in [0.717, 1.165) is 51.6 Å². The minimum atomic E-state index is 0.0121. The Balaban J connectivity index is 1.51. The quantitative estimate of drug-likeness (QED) is 0.374. The number of carbonyl (C=O) groups excluding carboxylic acids is 4. The number of amides is 3. The summed E-state index contributed by atoms with van der Waals surface area (Å²) < 4.78 is 0. The molecule has 194 valence electrons. The van der Waals surface area contributed by atoms with Crippen molar-refractivity contribution in [3.8, 4) is 0 Å². The van der Waals surface area contributed by atoms with Crippen molar-refractivity contribution in [2.45, 2.75) is 84.0 Å². The van der Waals surface area contributed by atoms with Crippen molar-refractivity contribution in [1.29, 1.82) is 0 Å². The lowest BCUT2D eigenvalue weighted by molar-refractivity contribution is -0.136. The molecule has 3 amide bonds. The standard InChI is InChI=1S/C26H46N4O4/c1-21(31)22-11-17-29(18-12-22)24(32)9-5-6-10-25(33)30-19-13-23(14-20-30)26(34)28-16-8-4-3-7-15-27-2/h22-23,27H,3-20H2,1-2H3,(H,28,34). The van der Waals surface area contributed by atoms with Crippen LogP contribution in [0.1, 0.15) is 84.0 Å². The summed E-state index contributed by atoms with van der Waals surface area (Å²) in [5, 5.41) is 6.21. The molecule has 0 aromatic rings. The van der Waals surface area contributed by atoms with Crippen LogP contribution in [0.25, 0.3) is 0 Å². The van der Waals surface area contributed by atoms with Gasteiger partial charge in [0.15, 0.2) is 0 Å². The average molecular weight is 479 g/mol. The first kappa shape index (κ1) is 28.3. The van der Waals surface area contributed by atoms with E-state index in [1.165, 1.54) is 12.8 Å². The van der Waals surface area contributed by atoms with Gasteiger partial charge in [-0.25, -0.2) is 0 Å². The number of carbonyl (C=O) groups is 4. The Morgan fingerprint density at radius 3 is 1.62 bits per heavy atom. The number of nitrogens with zero attached hydrogens (tertiary/aromatic N) is 2. The third-order valence-electron chi connectivity index (χ3n) is 7.33. The van der Waals surface area contributed by atoms with Gasteiger partial charge in [0.1, 0.15) is 5.78 Å². The van der Waals surface area contributed by atoms with E-state index >= 15 is 0 Å². The molecule has 0 saturated carbocycles. The molecule has 2 aliphatic rings. The van der Waals surface area contributed by atoms with Crippen LogP contribution in [0.2, 0.25) is 0 Å². The maximum atomic E-state index is 12.5. The molecule has 8 nitrogen and oxygen atoms in total. The van der Waals surface area contributed by atoms with Gasteiger partial charge in [0.2, 0.25) is 17.7 Å². The van der Waals surface area contributed by atoms with Crippen LogP contribution in [0.15, 0.2) is 0 Å². The molecule has 0 spiro atoms. The largest absolute Gasteiger partial charge is 0.356 e. The highest BCUT2D eigenvalue weighted by Gasteiger charge is 2.27. The van der Waals surface area contributed by atoms with Gasteiger partial charge in [0, 0.05) is 57.4 Å². The van der Waals surface area contributed by atoms with E-state index in [9.17, 15) is 19.2 Å². The SMILES string of the molecule is CNCCCCCCNC(=O)C1CCN(C(=O)CCCCC(=O)N2CCC(C(C)=O)CC2)CC1. The Morgan fingerprint density at radius 2 is 1.15 bits per heavy atom. The number of nitrogens with one attached hydrogen (secondary N) is 2. The Hall–Kier alpha value is -1.96. The Labute approximate surface area is 205 Å². The van der Waals surface area contributed by atoms with Crippen LogP contribution in [-0.4, -0.2) is 79.6 Å². The average Bonchev–Trinajstić information content (AvgIpc) is 2.85. The van der Waals surface area contributed by atoms with E-state index in [0.29, 0.717) is 51.9 Å². The normalized spacial score (nSPS) is 17.6. The van der Waals surface area contributed by atoms with Gasteiger partial charge in [-0.3, -0.25) is 19.2 Å². The fourth-order valence-electron chi connectivity index (χ4n) is 4.93. The third-order valence-corrected chi connectivity index (χ3v) is 7.33. The minimum absolute atomic E-state index is 0.0121. The van der Waals surface area contributed by atoms with Crippen molar-refractivity contribution in [2.24, 2.45) is 11.8 Å². The topological polar surface area (TPSA) is 98.8 Å². The van der Waals surface area contributed by atoms with Gasteiger partial charge >= 0.3 is 0 Å². The first-order valence-electron chi connectivity index (χ1n) is 13.4. The minimum Gasteiger partial charge on any atom is -0.356 e. The number of likely N-dealkylation sites (tertiary alicyclic amines) is 2. The van der Waals surface area contributed by atoms with Crippen molar-refractivity contribution in [2.75, 3.05) is 46.3 Å². The van der Waals surface area contributed by atoms with Crippen molar-refractivity contribution in [1.82, 2.24) is 20.4 Å². The van der Waals surface area contributed by atoms with Crippen LogP contribution in [0.4, 0.5) is 0 Å². The second-order valence-corrected chi connectivity index (χ2v) is 9.94. The molecular formula is C26H46N4O4. The second kappa shape index (κ2) is 15.8. The second-order valence-electron chi connectivity index (χ2n) is 9.94. The molecule has 2 saturated heterocycles. The number of unbranched alkanes of at least 4 members (excludes halogenated alkanes) is 4. The number of piperidine rings is 2. The highest BCUT2D eigenvalue weighted by atomic mass is 16.2. The Bertz CT molecular complexity index is 653. The Morgan fingerprint density at radius 1 is 0.676 bits per heavy atom. The van der Waals surface area contributed by atoms with Gasteiger partial charge in [-0.2, -0.15) is 0 Å². The third kappa shape index (κ3) is 10.1. The van der Waals surface area contributed by atoms with Crippen LogP contribution >= 0.6 is 0 Å².